The lowest BCUT2D eigenvalue weighted by Gasteiger charge is -2.08. The first-order chi connectivity index (χ1) is 8.08. The fourth-order valence-electron chi connectivity index (χ4n) is 1.60. The van der Waals surface area contributed by atoms with Crippen LogP contribution in [0.1, 0.15) is 20.8 Å². The van der Waals surface area contributed by atoms with Crippen molar-refractivity contribution in [2.75, 3.05) is 0 Å². The Bertz CT molecular complexity index is 502. The van der Waals surface area contributed by atoms with Crippen LogP contribution in [0.5, 0.6) is 0 Å². The molecule has 0 saturated carbocycles. The fraction of sp³-hybridized carbons (Fsp3) is 0.231. The van der Waals surface area contributed by atoms with Crippen LogP contribution in [-0.4, -0.2) is 0 Å². The summed E-state index contributed by atoms with van der Waals surface area (Å²) in [5.74, 6) is 0. The number of halogens is 3. The average molecular weight is 350 g/mol. The van der Waals surface area contributed by atoms with Gasteiger partial charge in [-0.3, -0.25) is 0 Å². The third-order valence-corrected chi connectivity index (χ3v) is 5.70. The summed E-state index contributed by atoms with van der Waals surface area (Å²) in [5, 5.41) is 0.816. The smallest absolute Gasteiger partial charge is 0.0960 e. The quantitative estimate of drug-likeness (QED) is 0.592. The van der Waals surface area contributed by atoms with Crippen LogP contribution in [0.2, 0.25) is 9.36 Å². The van der Waals surface area contributed by atoms with Crippen molar-refractivity contribution < 1.29 is 0 Å². The third-order valence-electron chi connectivity index (χ3n) is 2.54. The second kappa shape index (κ2) is 5.75. The molecule has 0 bridgehead atoms. The van der Waals surface area contributed by atoms with Crippen LogP contribution < -0.4 is 0 Å². The molecular formula is C13H11BrCl2S. The van der Waals surface area contributed by atoms with Crippen LogP contribution in [0, 0.1) is 6.92 Å². The van der Waals surface area contributed by atoms with Gasteiger partial charge in [0.25, 0.3) is 0 Å². The van der Waals surface area contributed by atoms with Gasteiger partial charge in [-0.15, -0.1) is 11.3 Å². The molecule has 4 heteroatoms. The number of benzene rings is 1. The molecule has 1 aromatic heterocycles. The first kappa shape index (κ1) is 13.4. The lowest BCUT2D eigenvalue weighted by atomic mass is 10.1. The zero-order chi connectivity index (χ0) is 12.4. The van der Waals surface area contributed by atoms with E-state index in [0.717, 1.165) is 26.9 Å². The molecule has 0 aliphatic carbocycles. The van der Waals surface area contributed by atoms with Crippen molar-refractivity contribution in [1.82, 2.24) is 0 Å². The van der Waals surface area contributed by atoms with Crippen molar-refractivity contribution in [3.8, 4) is 0 Å². The number of rotatable bonds is 3. The monoisotopic (exact) mass is 348 g/mol. The van der Waals surface area contributed by atoms with E-state index in [-0.39, 0.29) is 4.83 Å². The van der Waals surface area contributed by atoms with Crippen molar-refractivity contribution in [3.05, 3.63) is 55.7 Å². The van der Waals surface area contributed by atoms with Gasteiger partial charge >= 0.3 is 0 Å². The van der Waals surface area contributed by atoms with E-state index in [4.69, 9.17) is 23.2 Å². The lowest BCUT2D eigenvalue weighted by Crippen LogP contribution is -1.93. The van der Waals surface area contributed by atoms with Gasteiger partial charge in [0.1, 0.15) is 0 Å². The molecule has 1 heterocycles. The molecular weight excluding hydrogens is 339 g/mol. The molecule has 17 heavy (non-hydrogen) atoms. The summed E-state index contributed by atoms with van der Waals surface area (Å²) in [5.41, 5.74) is 2.29. The Labute approximate surface area is 124 Å². The molecule has 0 saturated heterocycles. The maximum atomic E-state index is 6.15. The molecule has 0 N–H and O–H groups in total. The summed E-state index contributed by atoms with van der Waals surface area (Å²) >= 11 is 17.5. The Balaban J connectivity index is 2.17. The topological polar surface area (TPSA) is 0 Å². The van der Waals surface area contributed by atoms with E-state index >= 15 is 0 Å². The maximum Gasteiger partial charge on any atom is 0.0960 e. The highest BCUT2D eigenvalue weighted by molar-refractivity contribution is 9.09. The van der Waals surface area contributed by atoms with Crippen molar-refractivity contribution in [1.29, 1.82) is 0 Å². The lowest BCUT2D eigenvalue weighted by molar-refractivity contribution is 0.969. The van der Waals surface area contributed by atoms with E-state index in [1.165, 1.54) is 4.88 Å². The number of alkyl halides is 1. The van der Waals surface area contributed by atoms with Crippen molar-refractivity contribution >= 4 is 50.5 Å². The van der Waals surface area contributed by atoms with Crippen molar-refractivity contribution in [2.24, 2.45) is 0 Å². The second-order valence-corrected chi connectivity index (χ2v) is 7.07. The zero-order valence-corrected chi connectivity index (χ0v) is 13.1. The van der Waals surface area contributed by atoms with Gasteiger partial charge in [0.15, 0.2) is 0 Å². The van der Waals surface area contributed by atoms with Gasteiger partial charge in [-0.1, -0.05) is 57.3 Å². The summed E-state index contributed by atoms with van der Waals surface area (Å²) < 4.78 is 0.864. The molecule has 0 spiro atoms. The highest BCUT2D eigenvalue weighted by Crippen LogP contribution is 2.37. The first-order valence-electron chi connectivity index (χ1n) is 5.21. The van der Waals surface area contributed by atoms with Crippen LogP contribution >= 0.6 is 50.5 Å². The zero-order valence-electron chi connectivity index (χ0n) is 9.21. The minimum absolute atomic E-state index is 0.263. The Hall–Kier alpha value is -0.0200. The van der Waals surface area contributed by atoms with E-state index in [0.29, 0.717) is 0 Å². The highest BCUT2D eigenvalue weighted by atomic mass is 79.9. The standard InChI is InChI=1S/C13H11BrCl2S/c1-8-6-12(17-13(8)16)10(14)7-9-4-2-3-5-11(9)15/h2-6,10H,7H2,1H3. The SMILES string of the molecule is Cc1cc(C(Br)Cc2ccccc2Cl)sc1Cl. The first-order valence-corrected chi connectivity index (χ1v) is 7.70. The van der Waals surface area contributed by atoms with Gasteiger partial charge in [-0.05, 0) is 36.6 Å². The molecule has 1 atom stereocenters. The van der Waals surface area contributed by atoms with E-state index in [1.807, 2.05) is 25.1 Å². The summed E-state index contributed by atoms with van der Waals surface area (Å²) in [4.78, 5) is 1.51. The minimum atomic E-state index is 0.263. The molecule has 90 valence electrons. The molecule has 2 aromatic rings. The van der Waals surface area contributed by atoms with Gasteiger partial charge in [0.05, 0.1) is 9.16 Å². The molecule has 0 aliphatic rings. The molecule has 0 fully saturated rings. The van der Waals surface area contributed by atoms with Crippen LogP contribution in [-0.2, 0) is 6.42 Å². The van der Waals surface area contributed by atoms with Gasteiger partial charge in [0, 0.05) is 9.90 Å². The molecule has 0 radical (unpaired) electrons. The highest BCUT2D eigenvalue weighted by Gasteiger charge is 2.14. The maximum absolute atomic E-state index is 6.15. The predicted molar refractivity (Wildman–Crippen MR) is 80.9 cm³/mol. The van der Waals surface area contributed by atoms with E-state index in [2.05, 4.69) is 28.1 Å². The Kier molecular flexibility index (Phi) is 4.53. The number of hydrogen-bond acceptors (Lipinski definition) is 1. The van der Waals surface area contributed by atoms with Gasteiger partial charge in [-0.2, -0.15) is 0 Å². The van der Waals surface area contributed by atoms with Crippen molar-refractivity contribution in [3.63, 3.8) is 0 Å². The molecule has 0 aliphatic heterocycles. The molecule has 2 rings (SSSR count). The van der Waals surface area contributed by atoms with E-state index in [9.17, 15) is 0 Å². The summed E-state index contributed by atoms with van der Waals surface area (Å²) in [6.07, 6.45) is 0.871. The van der Waals surface area contributed by atoms with E-state index < -0.39 is 0 Å². The summed E-state index contributed by atoms with van der Waals surface area (Å²) in [6, 6.07) is 10.1. The van der Waals surface area contributed by atoms with Crippen molar-refractivity contribution in [2.45, 2.75) is 18.2 Å². The summed E-state index contributed by atoms with van der Waals surface area (Å²) in [7, 11) is 0. The van der Waals surface area contributed by atoms with Crippen LogP contribution in [0.4, 0.5) is 0 Å². The largest absolute Gasteiger partial charge is 0.127 e. The summed E-state index contributed by atoms with van der Waals surface area (Å²) in [6.45, 7) is 2.03. The number of aryl methyl sites for hydroxylation is 1. The molecule has 1 aromatic carbocycles. The van der Waals surface area contributed by atoms with Gasteiger partial charge < -0.3 is 0 Å². The normalized spacial score (nSPS) is 12.7. The van der Waals surface area contributed by atoms with Crippen LogP contribution in [0.25, 0.3) is 0 Å². The molecule has 1 unspecified atom stereocenters. The van der Waals surface area contributed by atoms with Gasteiger partial charge in [-0.25, -0.2) is 0 Å². The minimum Gasteiger partial charge on any atom is -0.127 e. The number of hydrogen-bond donors (Lipinski definition) is 0. The van der Waals surface area contributed by atoms with E-state index in [1.54, 1.807) is 11.3 Å². The van der Waals surface area contributed by atoms with Gasteiger partial charge in [0.2, 0.25) is 0 Å². The second-order valence-electron chi connectivity index (χ2n) is 3.87. The Morgan fingerprint density at radius 3 is 2.59 bits per heavy atom. The Morgan fingerprint density at radius 2 is 2.00 bits per heavy atom. The predicted octanol–water partition coefficient (Wildman–Crippen LogP) is 6.04. The third kappa shape index (κ3) is 3.25. The number of thiophene rings is 1. The average Bonchev–Trinajstić information content (AvgIpc) is 2.63. The Morgan fingerprint density at radius 1 is 1.29 bits per heavy atom. The molecule has 0 amide bonds. The van der Waals surface area contributed by atoms with Crippen LogP contribution in [0.3, 0.4) is 0 Å². The fourth-order valence-corrected chi connectivity index (χ4v) is 3.77. The molecule has 0 nitrogen and oxygen atoms in total. The van der Waals surface area contributed by atoms with Crippen LogP contribution in [0.15, 0.2) is 30.3 Å².